The van der Waals surface area contributed by atoms with Crippen LogP contribution in [0.15, 0.2) is 60.7 Å². The Morgan fingerprint density at radius 2 is 0.933 bits per heavy atom. The third-order valence-electron chi connectivity index (χ3n) is 1.84. The predicted octanol–water partition coefficient (Wildman–Crippen LogP) is 2.77. The van der Waals surface area contributed by atoms with Gasteiger partial charge in [0.1, 0.15) is 0 Å². The molecule has 0 atom stereocenters. The van der Waals surface area contributed by atoms with Gasteiger partial charge in [0.25, 0.3) is 0 Å². The van der Waals surface area contributed by atoms with Crippen LogP contribution < -0.4 is 11.5 Å². The highest BCUT2D eigenvalue weighted by Gasteiger charge is 1.89. The van der Waals surface area contributed by atoms with Crippen molar-refractivity contribution < 1.29 is 5.48 Å². The Balaban J connectivity index is 0.000000980. The van der Waals surface area contributed by atoms with Gasteiger partial charge in [-0.2, -0.15) is 0 Å². The molecule has 0 saturated carbocycles. The molecule has 80 valence electrons. The molecule has 0 fully saturated rings. The molecule has 0 spiro atoms. The van der Waals surface area contributed by atoms with Crippen molar-refractivity contribution in [1.29, 1.82) is 0 Å². The second-order valence-corrected chi connectivity index (χ2v) is 2.86. The Morgan fingerprint density at radius 1 is 0.600 bits per heavy atom. The van der Waals surface area contributed by atoms with Gasteiger partial charge in [-0.05, 0) is 24.3 Å². The maximum atomic E-state index is 3.30. The van der Waals surface area contributed by atoms with Crippen LogP contribution in [-0.2, 0) is 0 Å². The average Bonchev–Trinajstić information content (AvgIpc) is 2.21. The van der Waals surface area contributed by atoms with E-state index in [9.17, 15) is 0 Å². The molecule has 0 heterocycles. The van der Waals surface area contributed by atoms with E-state index in [0.717, 1.165) is 11.4 Å². The van der Waals surface area contributed by atoms with Gasteiger partial charge in [0.15, 0.2) is 0 Å². The van der Waals surface area contributed by atoms with Crippen molar-refractivity contribution in [3.63, 3.8) is 0 Å². The molecular formula is C12H16N2O. The van der Waals surface area contributed by atoms with Gasteiger partial charge < -0.3 is 16.9 Å². The summed E-state index contributed by atoms with van der Waals surface area (Å²) >= 11 is 0. The van der Waals surface area contributed by atoms with Gasteiger partial charge >= 0.3 is 0 Å². The van der Waals surface area contributed by atoms with Crippen LogP contribution in [-0.4, -0.2) is 5.48 Å². The third-order valence-corrected chi connectivity index (χ3v) is 1.84. The quantitative estimate of drug-likeness (QED) is 0.788. The molecule has 0 saturated heterocycles. The van der Waals surface area contributed by atoms with Gasteiger partial charge in [0.05, 0.1) is 0 Å². The molecule has 2 aromatic carbocycles. The second kappa shape index (κ2) is 6.59. The van der Waals surface area contributed by atoms with Crippen LogP contribution in [0.2, 0.25) is 0 Å². The number of benzene rings is 2. The average molecular weight is 204 g/mol. The van der Waals surface area contributed by atoms with E-state index in [4.69, 9.17) is 0 Å². The first-order valence-electron chi connectivity index (χ1n) is 4.32. The van der Waals surface area contributed by atoms with Crippen LogP contribution in [0.25, 0.3) is 0 Å². The first kappa shape index (κ1) is 13.2. The van der Waals surface area contributed by atoms with Crippen LogP contribution in [0.1, 0.15) is 0 Å². The smallest absolute Gasteiger partial charge is 0.0384 e. The SMILES string of the molecule is N.O.c1ccc(Nc2ccccc2)cc1. The fourth-order valence-corrected chi connectivity index (χ4v) is 1.21. The number of rotatable bonds is 2. The minimum Gasteiger partial charge on any atom is -0.412 e. The van der Waals surface area contributed by atoms with E-state index in [1.54, 1.807) is 0 Å². The van der Waals surface area contributed by atoms with Crippen LogP contribution in [0.3, 0.4) is 0 Å². The van der Waals surface area contributed by atoms with Crippen molar-refractivity contribution >= 4 is 11.4 Å². The summed E-state index contributed by atoms with van der Waals surface area (Å²) in [6.07, 6.45) is 0. The van der Waals surface area contributed by atoms with Crippen LogP contribution in [0.4, 0.5) is 11.4 Å². The molecule has 0 aromatic heterocycles. The molecule has 0 radical (unpaired) electrons. The maximum absolute atomic E-state index is 3.30. The first-order chi connectivity index (χ1) is 6.45. The lowest BCUT2D eigenvalue weighted by atomic mass is 10.3. The van der Waals surface area contributed by atoms with E-state index in [0.29, 0.717) is 0 Å². The molecular weight excluding hydrogens is 188 g/mol. The Morgan fingerprint density at radius 3 is 1.27 bits per heavy atom. The normalized spacial score (nSPS) is 8.27. The van der Waals surface area contributed by atoms with E-state index < -0.39 is 0 Å². The summed E-state index contributed by atoms with van der Waals surface area (Å²) in [4.78, 5) is 0. The molecule has 3 heteroatoms. The zero-order valence-corrected chi connectivity index (χ0v) is 8.48. The van der Waals surface area contributed by atoms with Gasteiger partial charge in [0, 0.05) is 11.4 Å². The number of nitrogens with one attached hydrogen (secondary N) is 1. The van der Waals surface area contributed by atoms with Gasteiger partial charge in [0.2, 0.25) is 0 Å². The van der Waals surface area contributed by atoms with Crippen molar-refractivity contribution in [2.45, 2.75) is 0 Å². The standard InChI is InChI=1S/C12H11N.H3N.H2O/c1-3-7-11(8-4-1)13-12-9-5-2-6-10-12;;/h1-10,13H;1H3;1H2. The maximum Gasteiger partial charge on any atom is 0.0384 e. The minimum atomic E-state index is 0. The third kappa shape index (κ3) is 3.81. The monoisotopic (exact) mass is 204 g/mol. The van der Waals surface area contributed by atoms with Crippen molar-refractivity contribution in [3.8, 4) is 0 Å². The topological polar surface area (TPSA) is 78.5 Å². The summed E-state index contributed by atoms with van der Waals surface area (Å²) in [5, 5.41) is 3.30. The summed E-state index contributed by atoms with van der Waals surface area (Å²) in [5.41, 5.74) is 2.24. The zero-order chi connectivity index (χ0) is 8.93. The van der Waals surface area contributed by atoms with E-state index in [2.05, 4.69) is 5.32 Å². The second-order valence-electron chi connectivity index (χ2n) is 2.86. The van der Waals surface area contributed by atoms with Crippen LogP contribution in [0, 0.1) is 0 Å². The fraction of sp³-hybridized carbons (Fsp3) is 0. The van der Waals surface area contributed by atoms with E-state index >= 15 is 0 Å². The van der Waals surface area contributed by atoms with Crippen molar-refractivity contribution in [3.05, 3.63) is 60.7 Å². The first-order valence-corrected chi connectivity index (χ1v) is 4.32. The Kier molecular flexibility index (Phi) is 5.78. The summed E-state index contributed by atoms with van der Waals surface area (Å²) in [6, 6.07) is 20.3. The summed E-state index contributed by atoms with van der Waals surface area (Å²) in [6.45, 7) is 0. The van der Waals surface area contributed by atoms with E-state index in [-0.39, 0.29) is 11.6 Å². The Bertz CT molecular complexity index is 324. The summed E-state index contributed by atoms with van der Waals surface area (Å²) in [5.74, 6) is 0. The van der Waals surface area contributed by atoms with Crippen LogP contribution in [0.5, 0.6) is 0 Å². The largest absolute Gasteiger partial charge is 0.412 e. The van der Waals surface area contributed by atoms with Crippen molar-refractivity contribution in [1.82, 2.24) is 6.15 Å². The molecule has 0 unspecified atom stereocenters. The summed E-state index contributed by atoms with van der Waals surface area (Å²) in [7, 11) is 0. The number of anilines is 2. The minimum absolute atomic E-state index is 0. The highest BCUT2D eigenvalue weighted by Crippen LogP contribution is 2.14. The van der Waals surface area contributed by atoms with Crippen molar-refractivity contribution in [2.75, 3.05) is 5.32 Å². The number of para-hydroxylation sites is 2. The van der Waals surface area contributed by atoms with Crippen LogP contribution >= 0.6 is 0 Å². The molecule has 0 bridgehead atoms. The molecule has 0 aliphatic rings. The van der Waals surface area contributed by atoms with Gasteiger partial charge in [-0.1, -0.05) is 36.4 Å². The fourth-order valence-electron chi connectivity index (χ4n) is 1.21. The van der Waals surface area contributed by atoms with Gasteiger partial charge in [-0.3, -0.25) is 0 Å². The number of hydrogen-bond donors (Lipinski definition) is 2. The lowest BCUT2D eigenvalue weighted by Crippen LogP contribution is -1.87. The Hall–Kier alpha value is -1.84. The predicted molar refractivity (Wildman–Crippen MR) is 64.8 cm³/mol. The Labute approximate surface area is 89.7 Å². The van der Waals surface area contributed by atoms with E-state index in [1.807, 2.05) is 60.7 Å². The molecule has 3 nitrogen and oxygen atoms in total. The number of hydrogen-bond acceptors (Lipinski definition) is 2. The molecule has 2 aromatic rings. The molecule has 6 N–H and O–H groups in total. The summed E-state index contributed by atoms with van der Waals surface area (Å²) < 4.78 is 0. The highest BCUT2D eigenvalue weighted by molar-refractivity contribution is 5.58. The van der Waals surface area contributed by atoms with E-state index in [1.165, 1.54) is 0 Å². The lowest BCUT2D eigenvalue weighted by Gasteiger charge is -2.04. The molecule has 15 heavy (non-hydrogen) atoms. The lowest BCUT2D eigenvalue weighted by molar-refractivity contribution is 0.824. The highest BCUT2D eigenvalue weighted by atomic mass is 16.0. The van der Waals surface area contributed by atoms with Gasteiger partial charge in [-0.15, -0.1) is 0 Å². The zero-order valence-electron chi connectivity index (χ0n) is 8.48. The molecule has 0 amide bonds. The van der Waals surface area contributed by atoms with Gasteiger partial charge in [-0.25, -0.2) is 0 Å². The molecule has 2 rings (SSSR count). The van der Waals surface area contributed by atoms with Crippen molar-refractivity contribution in [2.24, 2.45) is 0 Å². The molecule has 0 aliphatic heterocycles. The molecule has 0 aliphatic carbocycles.